The van der Waals surface area contributed by atoms with Gasteiger partial charge in [0.05, 0.1) is 11.3 Å². The van der Waals surface area contributed by atoms with Crippen LogP contribution in [0, 0.1) is 0 Å². The number of fused-ring (bicyclic) bond motifs is 4. The number of aliphatic imine (C=N–C) groups is 1. The van der Waals surface area contributed by atoms with Crippen LogP contribution in [0.5, 0.6) is 0 Å². The number of rotatable bonds is 5. The molecule has 3 nitrogen and oxygen atoms in total. The largest absolute Gasteiger partial charge is 0.436 e. The van der Waals surface area contributed by atoms with E-state index < -0.39 is 0 Å². The van der Waals surface area contributed by atoms with Crippen molar-refractivity contribution in [2.75, 3.05) is 0 Å². The molecule has 0 bridgehead atoms. The minimum absolute atomic E-state index is 0.0453. The van der Waals surface area contributed by atoms with Gasteiger partial charge >= 0.3 is 0 Å². The van der Waals surface area contributed by atoms with Gasteiger partial charge in [-0.25, -0.2) is 4.98 Å². The summed E-state index contributed by atoms with van der Waals surface area (Å²) in [5.41, 5.74) is 9.14. The van der Waals surface area contributed by atoms with Gasteiger partial charge in [0.2, 0.25) is 5.89 Å². The van der Waals surface area contributed by atoms with Gasteiger partial charge in [-0.05, 0) is 79.9 Å². The average molecular weight is 573 g/mol. The number of oxazole rings is 1. The highest BCUT2D eigenvalue weighted by Crippen LogP contribution is 2.39. The van der Waals surface area contributed by atoms with E-state index in [9.17, 15) is 0 Å². The SMILES string of the molecule is CC(C)c1cccc(-c2cc(C(C)(C)C)cc3oc(-c4ccccc4N=Cc4cc5ccccc5c5ccccc45)nc23)c1. The molecular weight excluding hydrogens is 536 g/mol. The molecule has 0 N–H and O–H groups in total. The molecule has 0 aliphatic rings. The van der Waals surface area contributed by atoms with Crippen LogP contribution in [0.2, 0.25) is 0 Å². The predicted octanol–water partition coefficient (Wildman–Crippen LogP) is 11.6. The fourth-order valence-corrected chi connectivity index (χ4v) is 5.96. The quantitative estimate of drug-likeness (QED) is 0.152. The Balaban J connectivity index is 1.37. The van der Waals surface area contributed by atoms with Crippen LogP contribution in [0.15, 0.2) is 125 Å². The summed E-state index contributed by atoms with van der Waals surface area (Å²) in [6.07, 6.45) is 1.97. The van der Waals surface area contributed by atoms with Crippen molar-refractivity contribution in [3.63, 3.8) is 0 Å². The molecule has 7 rings (SSSR count). The number of benzene rings is 6. The van der Waals surface area contributed by atoms with Crippen LogP contribution in [0.3, 0.4) is 0 Å². The first-order valence-corrected chi connectivity index (χ1v) is 15.4. The van der Waals surface area contributed by atoms with Crippen LogP contribution in [0.1, 0.15) is 57.2 Å². The molecule has 0 radical (unpaired) electrons. The van der Waals surface area contributed by atoms with E-state index in [0.717, 1.165) is 39.0 Å². The van der Waals surface area contributed by atoms with E-state index in [-0.39, 0.29) is 5.41 Å². The molecule has 0 unspecified atom stereocenters. The fraction of sp³-hybridized carbons (Fsp3) is 0.171. The summed E-state index contributed by atoms with van der Waals surface area (Å²) in [5, 5.41) is 4.85. The molecule has 0 amide bonds. The maximum atomic E-state index is 6.57. The van der Waals surface area contributed by atoms with Crippen molar-refractivity contribution in [3.05, 3.63) is 132 Å². The Morgan fingerprint density at radius 1 is 0.705 bits per heavy atom. The van der Waals surface area contributed by atoms with Crippen LogP contribution in [0.25, 0.3) is 55.2 Å². The van der Waals surface area contributed by atoms with Gasteiger partial charge < -0.3 is 4.42 Å². The first-order valence-electron chi connectivity index (χ1n) is 15.4. The highest BCUT2D eigenvalue weighted by Gasteiger charge is 2.21. The van der Waals surface area contributed by atoms with Crippen LogP contribution >= 0.6 is 0 Å². The number of nitrogens with zero attached hydrogens (tertiary/aromatic N) is 2. The molecule has 44 heavy (non-hydrogen) atoms. The molecule has 0 aliphatic heterocycles. The van der Waals surface area contributed by atoms with E-state index in [1.54, 1.807) is 0 Å². The number of para-hydroxylation sites is 1. The molecule has 0 saturated heterocycles. The second-order valence-corrected chi connectivity index (χ2v) is 12.9. The Morgan fingerprint density at radius 3 is 2.23 bits per heavy atom. The number of aromatic nitrogens is 1. The van der Waals surface area contributed by atoms with Gasteiger partial charge in [0.1, 0.15) is 5.52 Å². The van der Waals surface area contributed by atoms with Gasteiger partial charge in [0.15, 0.2) is 5.58 Å². The minimum atomic E-state index is -0.0453. The molecule has 0 spiro atoms. The highest BCUT2D eigenvalue weighted by molar-refractivity contribution is 6.14. The van der Waals surface area contributed by atoms with E-state index in [2.05, 4.69) is 126 Å². The highest BCUT2D eigenvalue weighted by atomic mass is 16.3. The van der Waals surface area contributed by atoms with Gasteiger partial charge in [-0.2, -0.15) is 0 Å². The molecule has 1 aromatic heterocycles. The van der Waals surface area contributed by atoms with E-state index in [1.165, 1.54) is 32.7 Å². The summed E-state index contributed by atoms with van der Waals surface area (Å²) in [6.45, 7) is 11.2. The lowest BCUT2D eigenvalue weighted by Crippen LogP contribution is -2.11. The van der Waals surface area contributed by atoms with E-state index in [0.29, 0.717) is 11.8 Å². The maximum Gasteiger partial charge on any atom is 0.229 e. The summed E-state index contributed by atoms with van der Waals surface area (Å²) in [6, 6.07) is 40.6. The van der Waals surface area contributed by atoms with Crippen LogP contribution < -0.4 is 0 Å². The Hall–Kier alpha value is -5.02. The molecule has 216 valence electrons. The lowest BCUT2D eigenvalue weighted by molar-refractivity contribution is 0.584. The molecule has 0 saturated carbocycles. The van der Waals surface area contributed by atoms with Crippen molar-refractivity contribution in [3.8, 4) is 22.6 Å². The predicted molar refractivity (Wildman–Crippen MR) is 186 cm³/mol. The Labute approximate surface area is 258 Å². The minimum Gasteiger partial charge on any atom is -0.436 e. The van der Waals surface area contributed by atoms with Crippen LogP contribution in [-0.2, 0) is 5.41 Å². The smallest absolute Gasteiger partial charge is 0.229 e. The molecule has 0 atom stereocenters. The summed E-state index contributed by atoms with van der Waals surface area (Å²) < 4.78 is 6.57. The topological polar surface area (TPSA) is 38.4 Å². The lowest BCUT2D eigenvalue weighted by Gasteiger charge is -2.20. The van der Waals surface area contributed by atoms with Gasteiger partial charge in [-0.1, -0.05) is 120 Å². The summed E-state index contributed by atoms with van der Waals surface area (Å²) in [5.74, 6) is 1.01. The van der Waals surface area contributed by atoms with Gasteiger partial charge in [0, 0.05) is 17.3 Å². The van der Waals surface area contributed by atoms with Gasteiger partial charge in [0.25, 0.3) is 0 Å². The zero-order valence-corrected chi connectivity index (χ0v) is 25.9. The monoisotopic (exact) mass is 572 g/mol. The molecule has 1 heterocycles. The van der Waals surface area contributed by atoms with Crippen molar-refractivity contribution in [2.24, 2.45) is 4.99 Å². The van der Waals surface area contributed by atoms with Crippen molar-refractivity contribution in [1.29, 1.82) is 0 Å². The van der Waals surface area contributed by atoms with Crippen molar-refractivity contribution >= 4 is 44.5 Å². The summed E-state index contributed by atoms with van der Waals surface area (Å²) in [4.78, 5) is 10.1. The van der Waals surface area contributed by atoms with E-state index in [4.69, 9.17) is 14.4 Å². The summed E-state index contributed by atoms with van der Waals surface area (Å²) in [7, 11) is 0. The number of hydrogen-bond acceptors (Lipinski definition) is 3. The zero-order chi connectivity index (χ0) is 30.4. The fourth-order valence-electron chi connectivity index (χ4n) is 5.96. The second-order valence-electron chi connectivity index (χ2n) is 12.9. The van der Waals surface area contributed by atoms with E-state index in [1.807, 2.05) is 30.5 Å². The third-order valence-electron chi connectivity index (χ3n) is 8.50. The van der Waals surface area contributed by atoms with Crippen molar-refractivity contribution in [1.82, 2.24) is 4.98 Å². The number of hydrogen-bond donors (Lipinski definition) is 0. The second kappa shape index (κ2) is 10.9. The molecule has 3 heteroatoms. The normalized spacial score (nSPS) is 12.3. The summed E-state index contributed by atoms with van der Waals surface area (Å²) >= 11 is 0. The first kappa shape index (κ1) is 27.8. The molecule has 0 fully saturated rings. The standard InChI is InChI=1S/C41H36N2O/c1-26(2)27-14-12-15-29(21-27)36-23-31(41(3,4)5)24-38-39(36)43-40(44-38)35-19-10-11-20-37(35)42-25-30-22-28-13-6-7-16-32(28)34-18-9-8-17-33(30)34/h6-26H,1-5H3. The third-order valence-corrected chi connectivity index (χ3v) is 8.50. The van der Waals surface area contributed by atoms with Gasteiger partial charge in [-0.3, -0.25) is 4.99 Å². The van der Waals surface area contributed by atoms with Gasteiger partial charge in [-0.15, -0.1) is 0 Å². The first-order chi connectivity index (χ1) is 21.3. The molecule has 7 aromatic rings. The molecule has 0 aliphatic carbocycles. The lowest BCUT2D eigenvalue weighted by atomic mass is 9.84. The maximum absolute atomic E-state index is 6.57. The van der Waals surface area contributed by atoms with Crippen LogP contribution in [0.4, 0.5) is 5.69 Å². The van der Waals surface area contributed by atoms with Crippen molar-refractivity contribution < 1.29 is 4.42 Å². The molecule has 6 aromatic carbocycles. The Kier molecular flexibility index (Phi) is 6.89. The van der Waals surface area contributed by atoms with Crippen LogP contribution in [-0.4, -0.2) is 11.2 Å². The third kappa shape index (κ3) is 5.09. The Morgan fingerprint density at radius 2 is 1.43 bits per heavy atom. The van der Waals surface area contributed by atoms with E-state index >= 15 is 0 Å². The Bertz CT molecular complexity index is 2190. The average Bonchev–Trinajstić information content (AvgIpc) is 3.47. The molecular formula is C41H36N2O. The zero-order valence-electron chi connectivity index (χ0n) is 25.9. The van der Waals surface area contributed by atoms with Crippen molar-refractivity contribution in [2.45, 2.75) is 46.0 Å².